The van der Waals surface area contributed by atoms with Crippen molar-refractivity contribution in [2.45, 2.75) is 25.8 Å². The van der Waals surface area contributed by atoms with Crippen molar-refractivity contribution < 1.29 is 4.79 Å². The van der Waals surface area contributed by atoms with Gasteiger partial charge in [0.05, 0.1) is 5.02 Å². The van der Waals surface area contributed by atoms with Gasteiger partial charge in [0.2, 0.25) is 5.91 Å². The molecule has 2 heterocycles. The molecule has 1 saturated heterocycles. The zero-order chi connectivity index (χ0) is 21.5. The first-order valence-corrected chi connectivity index (χ1v) is 10.6. The molecule has 0 bridgehead atoms. The zero-order valence-electron chi connectivity index (χ0n) is 17.5. The lowest BCUT2D eigenvalue weighted by Crippen LogP contribution is -2.45. The normalized spacial score (nSPS) is 15.9. The van der Waals surface area contributed by atoms with E-state index in [4.69, 9.17) is 23.2 Å². The van der Waals surface area contributed by atoms with Crippen molar-refractivity contribution in [3.8, 4) is 0 Å². The Bertz CT molecular complexity index is 926. The number of guanidine groups is 1. The van der Waals surface area contributed by atoms with Crippen LogP contribution in [0, 0.1) is 6.92 Å². The standard InChI is InChI=1S/C21H26Cl2N6O.HI/c1-14-16(22)5-3-7-18(14)28-19(30)8-11-26-21(24-2)27-15-9-12-29(13-15)20-17(23)6-4-10-25-20;/h3-7,10,15H,8-9,11-13H2,1-2H3,(H,28,30)(H2,24,26,27);1H. The number of nitrogens with one attached hydrogen (secondary N) is 3. The molecule has 3 N–H and O–H groups in total. The number of carbonyl (C=O) groups excluding carboxylic acids is 1. The van der Waals surface area contributed by atoms with Crippen LogP contribution in [-0.2, 0) is 4.79 Å². The number of nitrogens with zero attached hydrogens (tertiary/aromatic N) is 3. The number of hydrogen-bond donors (Lipinski definition) is 3. The molecule has 10 heteroatoms. The molecule has 1 atom stereocenters. The van der Waals surface area contributed by atoms with E-state index >= 15 is 0 Å². The lowest BCUT2D eigenvalue weighted by molar-refractivity contribution is -0.116. The largest absolute Gasteiger partial charge is 0.356 e. The lowest BCUT2D eigenvalue weighted by atomic mass is 10.2. The van der Waals surface area contributed by atoms with Crippen molar-refractivity contribution in [1.29, 1.82) is 0 Å². The van der Waals surface area contributed by atoms with Crippen LogP contribution in [0.1, 0.15) is 18.4 Å². The van der Waals surface area contributed by atoms with E-state index in [1.165, 1.54) is 0 Å². The average Bonchev–Trinajstić information content (AvgIpc) is 3.19. The van der Waals surface area contributed by atoms with Gasteiger partial charge in [-0.05, 0) is 43.2 Å². The maximum Gasteiger partial charge on any atom is 0.226 e. The highest BCUT2D eigenvalue weighted by Gasteiger charge is 2.25. The van der Waals surface area contributed by atoms with E-state index in [0.717, 1.165) is 36.6 Å². The minimum Gasteiger partial charge on any atom is -0.356 e. The van der Waals surface area contributed by atoms with Crippen LogP contribution in [0.2, 0.25) is 10.0 Å². The Morgan fingerprint density at radius 1 is 1.26 bits per heavy atom. The molecule has 1 amide bonds. The lowest BCUT2D eigenvalue weighted by Gasteiger charge is -2.20. The topological polar surface area (TPSA) is 81.6 Å². The van der Waals surface area contributed by atoms with E-state index < -0.39 is 0 Å². The Morgan fingerprint density at radius 2 is 2.03 bits per heavy atom. The average molecular weight is 577 g/mol. The maximum atomic E-state index is 12.2. The SMILES string of the molecule is CN=C(NCCC(=O)Nc1cccc(Cl)c1C)NC1CCN(c2ncccc2Cl)C1.I. The molecule has 3 rings (SSSR count). The van der Waals surface area contributed by atoms with Crippen molar-refractivity contribution in [2.24, 2.45) is 4.99 Å². The number of aliphatic imine (C=N–C) groups is 1. The number of halogens is 3. The van der Waals surface area contributed by atoms with Gasteiger partial charge >= 0.3 is 0 Å². The minimum atomic E-state index is -0.0832. The fourth-order valence-corrected chi connectivity index (χ4v) is 3.73. The summed E-state index contributed by atoms with van der Waals surface area (Å²) in [5.41, 5.74) is 1.59. The number of amides is 1. The number of hydrogen-bond acceptors (Lipinski definition) is 4. The highest BCUT2D eigenvalue weighted by molar-refractivity contribution is 14.0. The monoisotopic (exact) mass is 576 g/mol. The summed E-state index contributed by atoms with van der Waals surface area (Å²) < 4.78 is 0. The van der Waals surface area contributed by atoms with E-state index in [-0.39, 0.29) is 35.9 Å². The quantitative estimate of drug-likeness (QED) is 0.274. The fourth-order valence-electron chi connectivity index (χ4n) is 3.32. The molecule has 1 fully saturated rings. The Morgan fingerprint density at radius 3 is 2.77 bits per heavy atom. The van der Waals surface area contributed by atoms with E-state index in [9.17, 15) is 4.79 Å². The van der Waals surface area contributed by atoms with Crippen LogP contribution in [0.3, 0.4) is 0 Å². The first-order chi connectivity index (χ1) is 14.5. The van der Waals surface area contributed by atoms with E-state index in [1.807, 2.05) is 31.2 Å². The van der Waals surface area contributed by atoms with Crippen LogP contribution < -0.4 is 20.9 Å². The Labute approximate surface area is 210 Å². The van der Waals surface area contributed by atoms with Gasteiger partial charge in [0.1, 0.15) is 5.82 Å². The van der Waals surface area contributed by atoms with Gasteiger partial charge in [-0.1, -0.05) is 29.3 Å². The van der Waals surface area contributed by atoms with Crippen molar-refractivity contribution in [3.05, 3.63) is 52.1 Å². The number of carbonyl (C=O) groups is 1. The molecule has 1 aliphatic heterocycles. The number of pyridine rings is 1. The first-order valence-electron chi connectivity index (χ1n) is 9.85. The molecule has 31 heavy (non-hydrogen) atoms. The Hall–Kier alpha value is -1.78. The van der Waals surface area contributed by atoms with Gasteiger partial charge in [0, 0.05) is 56.1 Å². The summed E-state index contributed by atoms with van der Waals surface area (Å²) in [5, 5.41) is 10.8. The van der Waals surface area contributed by atoms with Crippen LogP contribution in [0.5, 0.6) is 0 Å². The van der Waals surface area contributed by atoms with E-state index in [0.29, 0.717) is 29.0 Å². The van der Waals surface area contributed by atoms with Crippen LogP contribution >= 0.6 is 47.2 Å². The molecule has 1 aromatic carbocycles. The van der Waals surface area contributed by atoms with Gasteiger partial charge in [0.15, 0.2) is 5.96 Å². The Kier molecular flexibility index (Phi) is 10.1. The summed E-state index contributed by atoms with van der Waals surface area (Å²) >= 11 is 12.4. The molecular formula is C21H27Cl2IN6O. The van der Waals surface area contributed by atoms with Crippen LogP contribution in [0.15, 0.2) is 41.5 Å². The van der Waals surface area contributed by atoms with Crippen molar-refractivity contribution >= 4 is 70.6 Å². The number of rotatable bonds is 6. The summed E-state index contributed by atoms with van der Waals surface area (Å²) in [6, 6.07) is 9.35. The van der Waals surface area contributed by atoms with Gasteiger partial charge in [0.25, 0.3) is 0 Å². The maximum absolute atomic E-state index is 12.2. The van der Waals surface area contributed by atoms with Crippen LogP contribution in [0.25, 0.3) is 0 Å². The molecule has 1 aromatic heterocycles. The predicted molar refractivity (Wildman–Crippen MR) is 139 cm³/mol. The number of anilines is 2. The van der Waals surface area contributed by atoms with Crippen molar-refractivity contribution in [2.75, 3.05) is 36.9 Å². The Balaban J connectivity index is 0.00000341. The summed E-state index contributed by atoms with van der Waals surface area (Å²) in [4.78, 5) is 23.0. The second-order valence-corrected chi connectivity index (χ2v) is 7.91. The predicted octanol–water partition coefficient (Wildman–Crippen LogP) is 4.09. The third-order valence-corrected chi connectivity index (χ3v) is 5.68. The molecule has 0 spiro atoms. The molecule has 0 radical (unpaired) electrons. The molecule has 1 aliphatic rings. The third kappa shape index (κ3) is 7.11. The van der Waals surface area contributed by atoms with E-state index in [1.54, 1.807) is 19.3 Å². The second-order valence-electron chi connectivity index (χ2n) is 7.09. The van der Waals surface area contributed by atoms with Gasteiger partial charge < -0.3 is 20.9 Å². The molecule has 1 unspecified atom stereocenters. The van der Waals surface area contributed by atoms with Crippen molar-refractivity contribution in [1.82, 2.24) is 15.6 Å². The van der Waals surface area contributed by atoms with Crippen LogP contribution in [-0.4, -0.2) is 49.6 Å². The number of aromatic nitrogens is 1. The van der Waals surface area contributed by atoms with Gasteiger partial charge in [-0.2, -0.15) is 0 Å². The molecule has 7 nitrogen and oxygen atoms in total. The van der Waals surface area contributed by atoms with Gasteiger partial charge in [-0.25, -0.2) is 4.98 Å². The van der Waals surface area contributed by atoms with Gasteiger partial charge in [-0.15, -0.1) is 24.0 Å². The summed E-state index contributed by atoms with van der Waals surface area (Å²) in [6.45, 7) is 4.00. The van der Waals surface area contributed by atoms with Crippen LogP contribution in [0.4, 0.5) is 11.5 Å². The minimum absolute atomic E-state index is 0. The molecular weight excluding hydrogens is 550 g/mol. The summed E-state index contributed by atoms with van der Waals surface area (Å²) in [6.07, 6.45) is 3.01. The highest BCUT2D eigenvalue weighted by Crippen LogP contribution is 2.26. The third-order valence-electron chi connectivity index (χ3n) is 4.98. The molecule has 168 valence electrons. The van der Waals surface area contributed by atoms with E-state index in [2.05, 4.69) is 30.8 Å². The fraction of sp³-hybridized carbons (Fsp3) is 0.381. The van der Waals surface area contributed by atoms with Crippen molar-refractivity contribution in [3.63, 3.8) is 0 Å². The highest BCUT2D eigenvalue weighted by atomic mass is 127. The molecule has 0 saturated carbocycles. The summed E-state index contributed by atoms with van der Waals surface area (Å²) in [7, 11) is 1.72. The van der Waals surface area contributed by atoms with Gasteiger partial charge in [-0.3, -0.25) is 9.79 Å². The smallest absolute Gasteiger partial charge is 0.226 e. The second kappa shape index (κ2) is 12.3. The molecule has 0 aliphatic carbocycles. The zero-order valence-corrected chi connectivity index (χ0v) is 21.3. The number of benzene rings is 1. The molecule has 2 aromatic rings. The summed E-state index contributed by atoms with van der Waals surface area (Å²) in [5.74, 6) is 1.39. The first kappa shape index (κ1) is 25.5.